The Bertz CT molecular complexity index is 277. The van der Waals surface area contributed by atoms with E-state index < -0.39 is 5.54 Å². The highest BCUT2D eigenvalue weighted by Crippen LogP contribution is 2.34. The highest BCUT2D eigenvalue weighted by atomic mass is 16.1. The fourth-order valence-electron chi connectivity index (χ4n) is 3.72. The Morgan fingerprint density at radius 2 is 1.58 bits per heavy atom. The Balaban J connectivity index is 2.12. The maximum absolute atomic E-state index is 12.2. The molecule has 0 radical (unpaired) electrons. The average molecular weight is 267 g/mol. The van der Waals surface area contributed by atoms with E-state index >= 15 is 0 Å². The second-order valence-electron chi connectivity index (χ2n) is 6.24. The van der Waals surface area contributed by atoms with Crippen LogP contribution in [0.2, 0.25) is 0 Å². The summed E-state index contributed by atoms with van der Waals surface area (Å²) in [7, 11) is 0. The molecule has 1 saturated heterocycles. The molecule has 1 heterocycles. The quantitative estimate of drug-likeness (QED) is 0.719. The van der Waals surface area contributed by atoms with Gasteiger partial charge in [0.2, 0.25) is 5.91 Å². The molecule has 1 aliphatic carbocycles. The molecule has 0 aromatic heterocycles. The van der Waals surface area contributed by atoms with E-state index in [1.54, 1.807) is 0 Å². The average Bonchev–Trinajstić information content (AvgIpc) is 2.29. The summed E-state index contributed by atoms with van der Waals surface area (Å²) in [5, 5.41) is 0. The van der Waals surface area contributed by atoms with Crippen LogP contribution in [0.4, 0.5) is 0 Å². The van der Waals surface area contributed by atoms with Crippen molar-refractivity contribution in [1.29, 1.82) is 0 Å². The first kappa shape index (κ1) is 14.8. The molecule has 2 fully saturated rings. The Kier molecular flexibility index (Phi) is 5.64. The smallest absolute Gasteiger partial charge is 0.239 e. The standard InChI is InChI=1S/C15H29N3O/c16-14(19)15(11-7-4-8-12-17-18-15)13-9-5-2-1-3-6-10-13/h13,17-18H,1-12H2,(H2,16,19). The number of carbonyl (C=O) groups is 1. The molecule has 4 nitrogen and oxygen atoms in total. The number of rotatable bonds is 2. The molecular formula is C15H29N3O. The van der Waals surface area contributed by atoms with Crippen LogP contribution in [0.1, 0.15) is 70.6 Å². The molecule has 0 aromatic carbocycles. The van der Waals surface area contributed by atoms with Gasteiger partial charge in [0.05, 0.1) is 0 Å². The highest BCUT2D eigenvalue weighted by molar-refractivity contribution is 5.85. The zero-order valence-corrected chi connectivity index (χ0v) is 12.0. The number of hydrogen-bond donors (Lipinski definition) is 3. The lowest BCUT2D eigenvalue weighted by molar-refractivity contribution is -0.128. The van der Waals surface area contributed by atoms with E-state index in [1.807, 2.05) is 0 Å². The van der Waals surface area contributed by atoms with Crippen molar-refractivity contribution in [3.63, 3.8) is 0 Å². The van der Waals surface area contributed by atoms with Crippen LogP contribution in [-0.2, 0) is 4.79 Å². The zero-order chi connectivity index (χ0) is 13.6. The summed E-state index contributed by atoms with van der Waals surface area (Å²) in [4.78, 5) is 12.2. The molecule has 0 spiro atoms. The van der Waals surface area contributed by atoms with Gasteiger partial charge in [-0.2, -0.15) is 0 Å². The maximum Gasteiger partial charge on any atom is 0.239 e. The van der Waals surface area contributed by atoms with E-state index in [9.17, 15) is 4.79 Å². The number of primary amides is 1. The third-order valence-corrected chi connectivity index (χ3v) is 4.93. The van der Waals surface area contributed by atoms with Crippen molar-refractivity contribution in [3.8, 4) is 0 Å². The second kappa shape index (κ2) is 7.25. The third-order valence-electron chi connectivity index (χ3n) is 4.93. The first-order valence-electron chi connectivity index (χ1n) is 8.06. The molecular weight excluding hydrogens is 238 g/mol. The molecule has 2 aliphatic rings. The molecule has 1 atom stereocenters. The summed E-state index contributed by atoms with van der Waals surface area (Å²) >= 11 is 0. The number of hydrogen-bond acceptors (Lipinski definition) is 3. The summed E-state index contributed by atoms with van der Waals surface area (Å²) in [5.41, 5.74) is 11.9. The van der Waals surface area contributed by atoms with Gasteiger partial charge in [0.15, 0.2) is 0 Å². The van der Waals surface area contributed by atoms with Crippen molar-refractivity contribution < 1.29 is 4.79 Å². The van der Waals surface area contributed by atoms with Crippen molar-refractivity contribution in [3.05, 3.63) is 0 Å². The number of hydrazine groups is 1. The van der Waals surface area contributed by atoms with Gasteiger partial charge in [0.1, 0.15) is 5.54 Å². The molecule has 0 aromatic rings. The van der Waals surface area contributed by atoms with E-state index in [1.165, 1.54) is 44.9 Å². The lowest BCUT2D eigenvalue weighted by atomic mass is 9.73. The second-order valence-corrected chi connectivity index (χ2v) is 6.24. The van der Waals surface area contributed by atoms with E-state index in [4.69, 9.17) is 5.73 Å². The molecule has 110 valence electrons. The largest absolute Gasteiger partial charge is 0.368 e. The summed E-state index contributed by atoms with van der Waals surface area (Å²) in [5.74, 6) is 0.239. The van der Waals surface area contributed by atoms with Crippen molar-refractivity contribution in [2.24, 2.45) is 11.7 Å². The third kappa shape index (κ3) is 3.69. The van der Waals surface area contributed by atoms with Crippen LogP contribution < -0.4 is 16.6 Å². The van der Waals surface area contributed by atoms with Crippen LogP contribution in [0, 0.1) is 5.92 Å². The van der Waals surface area contributed by atoms with Crippen LogP contribution in [0.25, 0.3) is 0 Å². The lowest BCUT2D eigenvalue weighted by Gasteiger charge is -2.41. The van der Waals surface area contributed by atoms with E-state index in [-0.39, 0.29) is 5.91 Å². The summed E-state index contributed by atoms with van der Waals surface area (Å²) in [6, 6.07) is 0. The van der Waals surface area contributed by atoms with Crippen molar-refractivity contribution in [1.82, 2.24) is 10.9 Å². The molecule has 1 unspecified atom stereocenters. The first-order chi connectivity index (χ1) is 9.26. The van der Waals surface area contributed by atoms with Gasteiger partial charge < -0.3 is 5.73 Å². The normalized spacial score (nSPS) is 31.8. The van der Waals surface area contributed by atoms with E-state index in [0.717, 1.165) is 32.2 Å². The Morgan fingerprint density at radius 1 is 0.947 bits per heavy atom. The number of nitrogens with two attached hydrogens (primary N) is 1. The zero-order valence-electron chi connectivity index (χ0n) is 12.0. The van der Waals surface area contributed by atoms with Gasteiger partial charge >= 0.3 is 0 Å². The van der Waals surface area contributed by atoms with Gasteiger partial charge in [0, 0.05) is 6.54 Å². The van der Waals surface area contributed by atoms with Gasteiger partial charge in [-0.05, 0) is 31.6 Å². The van der Waals surface area contributed by atoms with Crippen molar-refractivity contribution in [2.75, 3.05) is 6.54 Å². The lowest BCUT2D eigenvalue weighted by Crippen LogP contribution is -2.65. The Hall–Kier alpha value is -0.610. The number of amides is 1. The van der Waals surface area contributed by atoms with Crippen LogP contribution in [-0.4, -0.2) is 18.0 Å². The van der Waals surface area contributed by atoms with Crippen LogP contribution in [0.5, 0.6) is 0 Å². The summed E-state index contributed by atoms with van der Waals surface area (Å²) in [6.07, 6.45) is 13.1. The highest BCUT2D eigenvalue weighted by Gasteiger charge is 2.43. The SMILES string of the molecule is NC(=O)C1(C2CCCCCCC2)CCCCCNN1. The molecule has 2 rings (SSSR count). The number of carbonyl (C=O) groups excluding carboxylic acids is 1. The summed E-state index contributed by atoms with van der Waals surface area (Å²) in [6.45, 7) is 0.932. The first-order valence-corrected chi connectivity index (χ1v) is 8.06. The fraction of sp³-hybridized carbons (Fsp3) is 0.933. The van der Waals surface area contributed by atoms with Gasteiger partial charge in [-0.15, -0.1) is 0 Å². The minimum atomic E-state index is -0.516. The predicted molar refractivity (Wildman–Crippen MR) is 77.3 cm³/mol. The monoisotopic (exact) mass is 267 g/mol. The van der Waals surface area contributed by atoms with E-state index in [0.29, 0.717) is 5.92 Å². The van der Waals surface area contributed by atoms with Gasteiger partial charge in [-0.25, -0.2) is 5.43 Å². The Morgan fingerprint density at radius 3 is 2.26 bits per heavy atom. The molecule has 1 amide bonds. The topological polar surface area (TPSA) is 67.2 Å². The fourth-order valence-corrected chi connectivity index (χ4v) is 3.72. The van der Waals surface area contributed by atoms with Gasteiger partial charge in [0.25, 0.3) is 0 Å². The van der Waals surface area contributed by atoms with Crippen LogP contribution in [0.3, 0.4) is 0 Å². The molecule has 19 heavy (non-hydrogen) atoms. The van der Waals surface area contributed by atoms with Gasteiger partial charge in [-0.3, -0.25) is 10.2 Å². The molecule has 4 N–H and O–H groups in total. The van der Waals surface area contributed by atoms with Crippen molar-refractivity contribution >= 4 is 5.91 Å². The molecule has 0 bridgehead atoms. The Labute approximate surface area is 116 Å². The molecule has 1 aliphatic heterocycles. The van der Waals surface area contributed by atoms with E-state index in [2.05, 4.69) is 10.9 Å². The minimum Gasteiger partial charge on any atom is -0.368 e. The maximum atomic E-state index is 12.2. The minimum absolute atomic E-state index is 0.160. The molecule has 1 saturated carbocycles. The molecule has 4 heteroatoms. The van der Waals surface area contributed by atoms with Crippen molar-refractivity contribution in [2.45, 2.75) is 76.2 Å². The van der Waals surface area contributed by atoms with Crippen LogP contribution in [0.15, 0.2) is 0 Å². The van der Waals surface area contributed by atoms with Crippen LogP contribution >= 0.6 is 0 Å². The van der Waals surface area contributed by atoms with Gasteiger partial charge in [-0.1, -0.05) is 44.9 Å². The summed E-state index contributed by atoms with van der Waals surface area (Å²) < 4.78 is 0. The number of nitrogens with one attached hydrogen (secondary N) is 2. The predicted octanol–water partition coefficient (Wildman–Crippen LogP) is 2.24.